The van der Waals surface area contributed by atoms with Crippen LogP contribution >= 0.6 is 0 Å². The highest BCUT2D eigenvalue weighted by atomic mass is 19.3. The Balaban J connectivity index is 2.50. The van der Waals surface area contributed by atoms with Gasteiger partial charge >= 0.3 is 6.61 Å². The molecule has 1 atom stereocenters. The van der Waals surface area contributed by atoms with E-state index < -0.39 is 6.61 Å². The van der Waals surface area contributed by atoms with Gasteiger partial charge in [-0.2, -0.15) is 8.78 Å². The molecule has 0 aliphatic carbocycles. The Kier molecular flexibility index (Phi) is 8.77. The molecular formula is C17H26F2N3O4+. The summed E-state index contributed by atoms with van der Waals surface area (Å²) in [5.74, 6) is -0.264. The molecule has 7 nitrogen and oxygen atoms in total. The Morgan fingerprint density at radius 1 is 1.15 bits per heavy atom. The first kappa shape index (κ1) is 21.6. The molecule has 146 valence electrons. The predicted octanol–water partition coefficient (Wildman–Crippen LogP) is -0.0479. The molecule has 0 fully saturated rings. The molecule has 1 aromatic carbocycles. The number of carbonyl (C=O) groups excluding carboxylic acids is 2. The molecule has 0 bridgehead atoms. The number of likely N-dealkylation sites (N-methyl/N-ethyl adjacent to an activating group) is 1. The van der Waals surface area contributed by atoms with E-state index in [-0.39, 0.29) is 49.0 Å². The molecule has 0 saturated heterocycles. The lowest BCUT2D eigenvalue weighted by Crippen LogP contribution is -3.11. The maximum Gasteiger partial charge on any atom is 0.387 e. The third-order valence-electron chi connectivity index (χ3n) is 3.31. The molecule has 0 spiro atoms. The van der Waals surface area contributed by atoms with Gasteiger partial charge in [0, 0.05) is 12.6 Å². The fourth-order valence-corrected chi connectivity index (χ4v) is 2.26. The lowest BCUT2D eigenvalue weighted by Gasteiger charge is -2.15. The number of hydrogen-bond acceptors (Lipinski definition) is 4. The van der Waals surface area contributed by atoms with Crippen LogP contribution in [-0.2, 0) is 16.1 Å². The third-order valence-corrected chi connectivity index (χ3v) is 3.31. The Labute approximate surface area is 151 Å². The van der Waals surface area contributed by atoms with Crippen molar-refractivity contribution < 1.29 is 32.7 Å². The van der Waals surface area contributed by atoms with E-state index >= 15 is 0 Å². The molecule has 26 heavy (non-hydrogen) atoms. The zero-order chi connectivity index (χ0) is 19.7. The molecular weight excluding hydrogens is 348 g/mol. The van der Waals surface area contributed by atoms with E-state index in [2.05, 4.69) is 15.4 Å². The standard InChI is InChI=1S/C17H25F2N3O4/c1-11(2)21-16(24)10-22(3)9-15(23)20-8-12-5-6-13(26-17(18)19)14(7-12)25-4/h5-7,11,17H,8-10H2,1-4H3,(H,20,23)(H,21,24)/p+1. The number of nitrogens with one attached hydrogen (secondary N) is 3. The first-order valence-corrected chi connectivity index (χ1v) is 8.20. The number of benzene rings is 1. The monoisotopic (exact) mass is 374 g/mol. The van der Waals surface area contributed by atoms with Crippen molar-refractivity contribution in [3.05, 3.63) is 23.8 Å². The molecule has 0 aliphatic heterocycles. The van der Waals surface area contributed by atoms with Crippen LogP contribution < -0.4 is 25.0 Å². The van der Waals surface area contributed by atoms with Gasteiger partial charge in [-0.1, -0.05) is 6.07 Å². The summed E-state index contributed by atoms with van der Waals surface area (Å²) in [5.41, 5.74) is 0.673. The normalized spacial score (nSPS) is 12.0. The maximum absolute atomic E-state index is 12.3. The van der Waals surface area contributed by atoms with Crippen molar-refractivity contribution in [3.8, 4) is 11.5 Å². The number of hydrogen-bond donors (Lipinski definition) is 3. The van der Waals surface area contributed by atoms with Crippen LogP contribution in [0, 0.1) is 0 Å². The molecule has 0 saturated carbocycles. The molecule has 9 heteroatoms. The van der Waals surface area contributed by atoms with Crippen LogP contribution in [0.1, 0.15) is 19.4 Å². The molecule has 3 N–H and O–H groups in total. The average molecular weight is 374 g/mol. The highest BCUT2D eigenvalue weighted by Gasteiger charge is 2.15. The van der Waals surface area contributed by atoms with Crippen LogP contribution in [0.25, 0.3) is 0 Å². The summed E-state index contributed by atoms with van der Waals surface area (Å²) in [7, 11) is 3.09. The van der Waals surface area contributed by atoms with Crippen molar-refractivity contribution in [2.24, 2.45) is 0 Å². The molecule has 1 rings (SSSR count). The third kappa shape index (κ3) is 8.11. The smallest absolute Gasteiger partial charge is 0.387 e. The van der Waals surface area contributed by atoms with Crippen LogP contribution in [0.15, 0.2) is 18.2 Å². The summed E-state index contributed by atoms with van der Waals surface area (Å²) in [6.07, 6.45) is 0. The van der Waals surface area contributed by atoms with Crippen molar-refractivity contribution in [1.29, 1.82) is 0 Å². The minimum Gasteiger partial charge on any atom is -0.493 e. The predicted molar refractivity (Wildman–Crippen MR) is 91.4 cm³/mol. The summed E-state index contributed by atoms with van der Waals surface area (Å²) in [4.78, 5) is 24.4. The Morgan fingerprint density at radius 3 is 2.38 bits per heavy atom. The number of quaternary nitrogens is 1. The number of amides is 2. The number of ether oxygens (including phenoxy) is 2. The van der Waals surface area contributed by atoms with Crippen LogP contribution in [0.4, 0.5) is 8.78 Å². The second-order valence-corrected chi connectivity index (χ2v) is 6.17. The van der Waals surface area contributed by atoms with E-state index in [1.807, 2.05) is 13.8 Å². The Bertz CT molecular complexity index is 612. The highest BCUT2D eigenvalue weighted by molar-refractivity contribution is 5.79. The lowest BCUT2D eigenvalue weighted by molar-refractivity contribution is -0.862. The van der Waals surface area contributed by atoms with Gasteiger partial charge in [-0.05, 0) is 31.5 Å². The summed E-state index contributed by atoms with van der Waals surface area (Å²) >= 11 is 0. The maximum atomic E-state index is 12.3. The van der Waals surface area contributed by atoms with E-state index in [9.17, 15) is 18.4 Å². The van der Waals surface area contributed by atoms with Crippen LogP contribution in [0.5, 0.6) is 11.5 Å². The SMILES string of the molecule is COc1cc(CNC(=O)C[NH+](C)CC(=O)NC(C)C)ccc1OC(F)F. The molecule has 0 radical (unpaired) electrons. The minimum absolute atomic E-state index is 0.0520. The number of carbonyl (C=O) groups is 2. The van der Waals surface area contributed by atoms with Crippen molar-refractivity contribution in [3.63, 3.8) is 0 Å². The van der Waals surface area contributed by atoms with Gasteiger partial charge in [-0.15, -0.1) is 0 Å². The van der Waals surface area contributed by atoms with Gasteiger partial charge in [0.05, 0.1) is 14.2 Å². The van der Waals surface area contributed by atoms with Gasteiger partial charge in [-0.3, -0.25) is 9.59 Å². The quantitative estimate of drug-likeness (QED) is 0.537. The van der Waals surface area contributed by atoms with Crippen LogP contribution in [0.2, 0.25) is 0 Å². The molecule has 1 aromatic rings. The minimum atomic E-state index is -2.94. The summed E-state index contributed by atoms with van der Waals surface area (Å²) < 4.78 is 34.0. The molecule has 0 heterocycles. The van der Waals surface area contributed by atoms with Gasteiger partial charge in [0.1, 0.15) is 0 Å². The first-order chi connectivity index (χ1) is 12.2. The molecule has 0 aliphatic rings. The Morgan fingerprint density at radius 2 is 1.81 bits per heavy atom. The van der Waals surface area contributed by atoms with Gasteiger partial charge < -0.3 is 25.0 Å². The zero-order valence-corrected chi connectivity index (χ0v) is 15.4. The fourth-order valence-electron chi connectivity index (χ4n) is 2.26. The van der Waals surface area contributed by atoms with Crippen molar-refractivity contribution in [2.75, 3.05) is 27.2 Å². The topological polar surface area (TPSA) is 81.1 Å². The lowest BCUT2D eigenvalue weighted by atomic mass is 10.2. The molecule has 2 amide bonds. The molecule has 1 unspecified atom stereocenters. The van der Waals surface area contributed by atoms with E-state index in [1.54, 1.807) is 13.1 Å². The summed E-state index contributed by atoms with van der Waals surface area (Å²) in [5, 5.41) is 5.48. The summed E-state index contributed by atoms with van der Waals surface area (Å²) in [6.45, 7) is 1.32. The van der Waals surface area contributed by atoms with Gasteiger partial charge in [-0.25, -0.2) is 0 Å². The largest absolute Gasteiger partial charge is 0.493 e. The van der Waals surface area contributed by atoms with E-state index in [0.717, 1.165) is 4.90 Å². The number of rotatable bonds is 10. The van der Waals surface area contributed by atoms with Gasteiger partial charge in [0.2, 0.25) is 0 Å². The van der Waals surface area contributed by atoms with Crippen molar-refractivity contribution in [1.82, 2.24) is 10.6 Å². The molecule has 0 aromatic heterocycles. The number of halogens is 2. The number of methoxy groups -OCH3 is 1. The van der Waals surface area contributed by atoms with Crippen molar-refractivity contribution >= 4 is 11.8 Å². The van der Waals surface area contributed by atoms with Gasteiger partial charge in [0.25, 0.3) is 11.8 Å². The Hall–Kier alpha value is -2.42. The van der Waals surface area contributed by atoms with E-state index in [0.29, 0.717) is 5.56 Å². The van der Waals surface area contributed by atoms with E-state index in [4.69, 9.17) is 4.74 Å². The van der Waals surface area contributed by atoms with Crippen LogP contribution in [0.3, 0.4) is 0 Å². The number of alkyl halides is 2. The second kappa shape index (κ2) is 10.5. The highest BCUT2D eigenvalue weighted by Crippen LogP contribution is 2.29. The zero-order valence-electron chi connectivity index (χ0n) is 15.4. The van der Waals surface area contributed by atoms with E-state index in [1.165, 1.54) is 19.2 Å². The first-order valence-electron chi connectivity index (χ1n) is 8.20. The summed E-state index contributed by atoms with van der Waals surface area (Å²) in [6, 6.07) is 4.49. The van der Waals surface area contributed by atoms with Crippen LogP contribution in [-0.4, -0.2) is 51.7 Å². The second-order valence-electron chi connectivity index (χ2n) is 6.17. The average Bonchev–Trinajstić information content (AvgIpc) is 2.52. The van der Waals surface area contributed by atoms with Gasteiger partial charge in [0.15, 0.2) is 24.6 Å². The van der Waals surface area contributed by atoms with Crippen molar-refractivity contribution in [2.45, 2.75) is 33.0 Å². The fraction of sp³-hybridized carbons (Fsp3) is 0.529.